The molecule has 1 unspecified atom stereocenters. The normalized spacial score (nSPS) is 30.8. The number of benzene rings is 3. The average molecular weight is 428 g/mol. The van der Waals surface area contributed by atoms with Gasteiger partial charge in [-0.25, -0.2) is 0 Å². The van der Waals surface area contributed by atoms with E-state index in [2.05, 4.69) is 17.4 Å². The summed E-state index contributed by atoms with van der Waals surface area (Å²) in [6.45, 7) is 0. The Bertz CT molecular complexity index is 1170. The van der Waals surface area contributed by atoms with Crippen molar-refractivity contribution in [2.24, 2.45) is 5.92 Å². The van der Waals surface area contributed by atoms with E-state index in [0.717, 1.165) is 28.4 Å². The van der Waals surface area contributed by atoms with Crippen LogP contribution in [0.1, 0.15) is 27.4 Å². The monoisotopic (exact) mass is 427 g/mol. The van der Waals surface area contributed by atoms with Gasteiger partial charge in [0.25, 0.3) is 5.91 Å². The first-order valence-electron chi connectivity index (χ1n) is 10.7. The summed E-state index contributed by atoms with van der Waals surface area (Å²) in [6.07, 6.45) is 0. The predicted molar refractivity (Wildman–Crippen MR) is 122 cm³/mol. The number of para-hydroxylation sites is 1. The zero-order chi connectivity index (χ0) is 21.0. The van der Waals surface area contributed by atoms with Crippen molar-refractivity contribution in [1.82, 2.24) is 0 Å². The Kier molecular flexibility index (Phi) is 4.30. The van der Waals surface area contributed by atoms with E-state index in [9.17, 15) is 9.59 Å². The number of carbonyl (C=O) groups excluding carboxylic acids is 2. The van der Waals surface area contributed by atoms with Crippen molar-refractivity contribution in [1.29, 1.82) is 0 Å². The van der Waals surface area contributed by atoms with E-state index >= 15 is 0 Å². The quantitative estimate of drug-likeness (QED) is 0.632. The van der Waals surface area contributed by atoms with E-state index < -0.39 is 11.5 Å². The summed E-state index contributed by atoms with van der Waals surface area (Å²) < 4.78 is 0. The summed E-state index contributed by atoms with van der Waals surface area (Å²) in [5, 5.41) is 3.13. The maximum absolute atomic E-state index is 14.2. The number of rotatable bonds is 3. The summed E-state index contributed by atoms with van der Waals surface area (Å²) in [5.74, 6) is 1.33. The number of thioether (sulfide) groups is 1. The van der Waals surface area contributed by atoms with E-state index in [0.29, 0.717) is 5.56 Å². The highest BCUT2D eigenvalue weighted by Gasteiger charge is 2.73. The molecule has 0 aromatic heterocycles. The van der Waals surface area contributed by atoms with Crippen LogP contribution in [0.3, 0.4) is 0 Å². The third-order valence-corrected chi connectivity index (χ3v) is 8.36. The lowest BCUT2D eigenvalue weighted by molar-refractivity contribution is -0.941. The molecule has 2 saturated heterocycles. The highest BCUT2D eigenvalue weighted by molar-refractivity contribution is 7.99. The topological polar surface area (TPSA) is 50.6 Å². The molecular weight excluding hydrogens is 404 g/mol. The minimum Gasteiger partial charge on any atom is -0.320 e. The smallest absolute Gasteiger partial charge is 0.291 e. The van der Waals surface area contributed by atoms with E-state index in [1.165, 1.54) is 4.90 Å². The third kappa shape index (κ3) is 2.54. The summed E-state index contributed by atoms with van der Waals surface area (Å²) in [7, 11) is 0. The molecule has 5 heteroatoms. The predicted octanol–water partition coefficient (Wildman–Crippen LogP) is 3.09. The van der Waals surface area contributed by atoms with Crippen LogP contribution in [0.15, 0.2) is 84.9 Å². The van der Waals surface area contributed by atoms with Gasteiger partial charge in [-0.3, -0.25) is 9.59 Å². The second-order valence-corrected chi connectivity index (χ2v) is 9.63. The Hall–Kier alpha value is -2.89. The lowest BCUT2D eigenvalue weighted by Gasteiger charge is -2.33. The average Bonchev–Trinajstić information content (AvgIpc) is 3.48. The van der Waals surface area contributed by atoms with Gasteiger partial charge in [0, 0.05) is 11.1 Å². The van der Waals surface area contributed by atoms with Crippen LogP contribution in [0.25, 0.3) is 0 Å². The summed E-state index contributed by atoms with van der Waals surface area (Å²) in [5.41, 5.74) is 2.73. The molecule has 0 saturated carbocycles. The Labute approximate surface area is 185 Å². The molecule has 154 valence electrons. The fourth-order valence-corrected chi connectivity index (χ4v) is 7.52. The Balaban J connectivity index is 1.62. The van der Waals surface area contributed by atoms with Crippen molar-refractivity contribution < 1.29 is 14.5 Å². The molecule has 1 amide bonds. The second-order valence-electron chi connectivity index (χ2n) is 8.60. The number of quaternary nitrogens is 1. The van der Waals surface area contributed by atoms with Gasteiger partial charge in [0.05, 0.1) is 17.4 Å². The number of carbonyl (C=O) groups is 2. The molecule has 4 nitrogen and oxygen atoms in total. The van der Waals surface area contributed by atoms with Crippen LogP contribution in [0, 0.1) is 5.92 Å². The van der Waals surface area contributed by atoms with E-state index in [1.54, 1.807) is 0 Å². The SMILES string of the molecule is O=C(c1ccccc1)[C@@H]1[C@@H](c2ccccc2)[C@@H]2CSC[NH+]2[C@@]12C(=O)Nc1ccccc12. The molecule has 1 spiro atoms. The van der Waals surface area contributed by atoms with Gasteiger partial charge in [-0.2, -0.15) is 0 Å². The van der Waals surface area contributed by atoms with Crippen LogP contribution < -0.4 is 10.2 Å². The van der Waals surface area contributed by atoms with Crippen molar-refractivity contribution >= 4 is 29.1 Å². The molecule has 6 rings (SSSR count). The number of ketones is 1. The number of fused-ring (bicyclic) bond motifs is 4. The van der Waals surface area contributed by atoms with Crippen molar-refractivity contribution in [2.75, 3.05) is 16.9 Å². The van der Waals surface area contributed by atoms with Gasteiger partial charge >= 0.3 is 0 Å². The van der Waals surface area contributed by atoms with Gasteiger partial charge < -0.3 is 10.2 Å². The van der Waals surface area contributed by atoms with Gasteiger partial charge in [0.1, 0.15) is 17.8 Å². The van der Waals surface area contributed by atoms with Gasteiger partial charge in [0.15, 0.2) is 5.78 Å². The lowest BCUT2D eigenvalue weighted by atomic mass is 9.69. The number of nitrogens with one attached hydrogen (secondary N) is 2. The molecule has 0 radical (unpaired) electrons. The standard InChI is InChI=1S/C26H22N2O2S/c29-24(18-11-5-2-6-12-18)23-22(17-9-3-1-4-10-17)21-15-31-16-28(21)26(23)19-13-7-8-14-20(19)27-25(26)30/h1-14,21-23H,15-16H2,(H,27,30)/p+1/t21-,22-,23-,26+/m0/s1. The molecule has 3 aromatic carbocycles. The number of anilines is 1. The minimum absolute atomic E-state index is 0.0178. The van der Waals surface area contributed by atoms with Gasteiger partial charge in [0.2, 0.25) is 5.54 Å². The summed E-state index contributed by atoms with van der Waals surface area (Å²) >= 11 is 1.88. The number of amides is 1. The van der Waals surface area contributed by atoms with Crippen molar-refractivity contribution in [3.05, 3.63) is 102 Å². The molecule has 0 bridgehead atoms. The maximum atomic E-state index is 14.2. The van der Waals surface area contributed by atoms with Crippen LogP contribution in [-0.4, -0.2) is 29.4 Å². The number of hydrogen-bond donors (Lipinski definition) is 2. The molecule has 31 heavy (non-hydrogen) atoms. The molecule has 3 heterocycles. The molecule has 2 fully saturated rings. The highest BCUT2D eigenvalue weighted by Crippen LogP contribution is 2.52. The van der Waals surface area contributed by atoms with Crippen LogP contribution in [-0.2, 0) is 10.3 Å². The maximum Gasteiger partial charge on any atom is 0.291 e. The van der Waals surface area contributed by atoms with Gasteiger partial charge in [-0.1, -0.05) is 90.6 Å². The zero-order valence-electron chi connectivity index (χ0n) is 17.0. The Morgan fingerprint density at radius 3 is 2.39 bits per heavy atom. The van der Waals surface area contributed by atoms with Gasteiger partial charge in [-0.05, 0) is 11.6 Å². The largest absolute Gasteiger partial charge is 0.320 e. The van der Waals surface area contributed by atoms with Crippen molar-refractivity contribution in [2.45, 2.75) is 17.5 Å². The van der Waals surface area contributed by atoms with Crippen LogP contribution in [0.2, 0.25) is 0 Å². The summed E-state index contributed by atoms with van der Waals surface area (Å²) in [6, 6.07) is 27.9. The Morgan fingerprint density at radius 2 is 1.61 bits per heavy atom. The fourth-order valence-electron chi connectivity index (χ4n) is 6.08. The van der Waals surface area contributed by atoms with Crippen molar-refractivity contribution in [3.63, 3.8) is 0 Å². The molecule has 5 atom stereocenters. The van der Waals surface area contributed by atoms with E-state index in [4.69, 9.17) is 0 Å². The molecule has 2 N–H and O–H groups in total. The van der Waals surface area contributed by atoms with Crippen LogP contribution in [0.4, 0.5) is 5.69 Å². The lowest BCUT2D eigenvalue weighted by Crippen LogP contribution is -3.19. The second kappa shape index (κ2) is 7.08. The minimum atomic E-state index is -0.905. The molecule has 3 aromatic rings. The first-order chi connectivity index (χ1) is 15.2. The third-order valence-electron chi connectivity index (χ3n) is 7.25. The van der Waals surface area contributed by atoms with Crippen molar-refractivity contribution in [3.8, 4) is 0 Å². The highest BCUT2D eigenvalue weighted by atomic mass is 32.2. The molecular formula is C26H23N2O2S+. The first-order valence-corrected chi connectivity index (χ1v) is 11.9. The van der Waals surface area contributed by atoms with Gasteiger partial charge in [-0.15, -0.1) is 0 Å². The first kappa shape index (κ1) is 18.8. The van der Waals surface area contributed by atoms with E-state index in [-0.39, 0.29) is 23.7 Å². The number of hydrogen-bond acceptors (Lipinski definition) is 3. The summed E-state index contributed by atoms with van der Waals surface area (Å²) in [4.78, 5) is 29.2. The molecule has 3 aliphatic heterocycles. The zero-order valence-corrected chi connectivity index (χ0v) is 17.8. The van der Waals surface area contributed by atoms with E-state index in [1.807, 2.05) is 84.6 Å². The Morgan fingerprint density at radius 1 is 0.935 bits per heavy atom. The molecule has 3 aliphatic rings. The van der Waals surface area contributed by atoms with Crippen LogP contribution >= 0.6 is 11.8 Å². The van der Waals surface area contributed by atoms with Crippen LogP contribution in [0.5, 0.6) is 0 Å². The fraction of sp³-hybridized carbons (Fsp3) is 0.231. The number of Topliss-reactive ketones (excluding diaryl/α,β-unsaturated/α-hetero) is 1. The molecule has 0 aliphatic carbocycles.